The first-order valence-corrected chi connectivity index (χ1v) is 51.9. The zero-order valence-corrected chi connectivity index (χ0v) is 80.4. The third-order valence-electron chi connectivity index (χ3n) is 33.5. The van der Waals surface area contributed by atoms with Gasteiger partial charge in [0.25, 0.3) is 0 Å². The van der Waals surface area contributed by atoms with Crippen LogP contribution in [0.5, 0.6) is 0 Å². The van der Waals surface area contributed by atoms with E-state index in [1.54, 1.807) is 33.4 Å². The normalized spacial score (nSPS) is 15.7. The van der Waals surface area contributed by atoms with E-state index in [1.807, 2.05) is 0 Å². The van der Waals surface area contributed by atoms with Crippen molar-refractivity contribution in [2.75, 3.05) is 4.90 Å². The lowest BCUT2D eigenvalue weighted by atomic mass is 9.62. The van der Waals surface area contributed by atoms with Gasteiger partial charge in [-0.3, -0.25) is 0 Å². The van der Waals surface area contributed by atoms with Crippen molar-refractivity contribution in [3.63, 3.8) is 0 Å². The summed E-state index contributed by atoms with van der Waals surface area (Å²) < 4.78 is 14.4. The monoisotopic (exact) mass is 1700 g/mol. The van der Waals surface area contributed by atoms with Crippen LogP contribution in [0.4, 0.5) is 17.1 Å². The van der Waals surface area contributed by atoms with Crippen LogP contribution in [0.2, 0.25) is 0 Å². The highest BCUT2D eigenvalue weighted by Gasteiger charge is 2.55. The molecule has 6 aliphatic rings. The molecule has 2 aromatic heterocycles. The van der Waals surface area contributed by atoms with Crippen LogP contribution in [-0.2, 0) is 32.5 Å². The number of hydrogen-bond donors (Lipinski definition) is 0. The van der Waals surface area contributed by atoms with Gasteiger partial charge in [-0.05, 0) is 256 Å². The lowest BCUT2D eigenvalue weighted by Crippen LogP contribution is -2.33. The van der Waals surface area contributed by atoms with E-state index in [0.29, 0.717) is 0 Å². The molecule has 2 heterocycles. The molecule has 0 saturated heterocycles. The van der Waals surface area contributed by atoms with Gasteiger partial charge in [-0.2, -0.15) is 0 Å². The van der Waals surface area contributed by atoms with Crippen molar-refractivity contribution in [1.29, 1.82) is 0 Å². The van der Waals surface area contributed by atoms with Crippen LogP contribution in [0.3, 0.4) is 0 Å². The highest BCUT2D eigenvalue weighted by molar-refractivity contribution is 6.21. The molecule has 3 nitrogen and oxygen atoms in total. The summed E-state index contributed by atoms with van der Waals surface area (Å²) in [4.78, 5) is 2.75. The third kappa shape index (κ3) is 14.4. The molecule has 0 unspecified atom stereocenters. The molecule has 0 N–H and O–H groups in total. The van der Waals surface area contributed by atoms with Gasteiger partial charge >= 0.3 is 0 Å². The molecule has 14 aromatic rings. The first-order valence-electron chi connectivity index (χ1n) is 51.9. The molecular weight excluding hydrogens is 1560 g/mol. The van der Waals surface area contributed by atoms with Gasteiger partial charge < -0.3 is 13.7 Å². The predicted molar refractivity (Wildman–Crippen MR) is 553 cm³/mol. The smallest absolute Gasteiger partial charge is 0.144 e. The van der Waals surface area contributed by atoms with Crippen LogP contribution in [0.1, 0.15) is 381 Å². The number of benzene rings is 12. The molecule has 129 heavy (non-hydrogen) atoms. The maximum absolute atomic E-state index is 7.72. The highest BCUT2D eigenvalue weighted by atomic mass is 16.3. The van der Waals surface area contributed by atoms with Crippen molar-refractivity contribution in [2.45, 2.75) is 347 Å². The maximum Gasteiger partial charge on any atom is 0.144 e. The number of fused-ring (bicyclic) bond motifs is 28. The molecule has 0 atom stereocenters. The van der Waals surface area contributed by atoms with Crippen molar-refractivity contribution >= 4 is 60.9 Å². The molecule has 6 aliphatic carbocycles. The van der Waals surface area contributed by atoms with Crippen LogP contribution in [-0.4, -0.2) is 0 Å². The standard InChI is InChI=1S/C126H143NO2/c1-13-19-25-31-45-71-124(72-46-32-26-20-14-2)100-55-41-37-51-89(100)92-65-60-85(78-108(92)124)84-59-64-90-91-66-61-86(79-104(91)122(9,10)103(90)77-84)127(87-62-67-93-98-82-107-99(83-106(98)123(11,12)105(93)80-87)113-102(121(107,7)8)69-70-112-114(113)96-53-39-43-57-110(96)128-112)88-63-68-95-109(81-88)126(75-49-35-29-23-17-5,76-50-36-30-24-18-6)118-115(95)116-97-54-40-44-58-111(97)129-120(116)117-94-52-38-42-56-101(94)125(119(117)118,73-47-33-27-21-15-3)74-48-34-28-22-16-4/h37-44,51-70,77-83H,13-36,45-50,71-76H2,1-12H3. The van der Waals surface area contributed by atoms with Crippen LogP contribution in [0.25, 0.3) is 122 Å². The van der Waals surface area contributed by atoms with Gasteiger partial charge in [-0.1, -0.05) is 409 Å². The lowest BCUT2D eigenvalue weighted by Gasteiger charge is -2.40. The molecule has 0 radical (unpaired) electrons. The molecule has 20 rings (SSSR count). The van der Waals surface area contributed by atoms with Gasteiger partial charge in [-0.15, -0.1) is 0 Å². The minimum atomic E-state index is -0.341. The van der Waals surface area contributed by atoms with Gasteiger partial charge in [0.1, 0.15) is 22.3 Å². The molecule has 0 spiro atoms. The predicted octanol–water partition coefficient (Wildman–Crippen LogP) is 38.5. The average molecular weight is 1700 g/mol. The van der Waals surface area contributed by atoms with E-state index in [-0.39, 0.29) is 32.5 Å². The first kappa shape index (κ1) is 87.0. The van der Waals surface area contributed by atoms with Crippen molar-refractivity contribution in [3.05, 3.63) is 279 Å². The summed E-state index contributed by atoms with van der Waals surface area (Å²) in [6.07, 6.45) is 45.0. The van der Waals surface area contributed by atoms with Gasteiger partial charge in [0.05, 0.1) is 0 Å². The fourth-order valence-corrected chi connectivity index (χ4v) is 26.8. The Balaban J connectivity index is 0.780. The fraction of sp³-hybridized carbons (Fsp3) is 0.429. The highest BCUT2D eigenvalue weighted by Crippen LogP contribution is 2.69. The molecule has 0 fully saturated rings. The van der Waals surface area contributed by atoms with Gasteiger partial charge in [-0.25, -0.2) is 0 Å². The Morgan fingerprint density at radius 2 is 0.566 bits per heavy atom. The van der Waals surface area contributed by atoms with E-state index in [1.165, 1.54) is 355 Å². The Kier molecular flexibility index (Phi) is 24.0. The number of hydrogen-bond acceptors (Lipinski definition) is 3. The van der Waals surface area contributed by atoms with E-state index in [9.17, 15) is 0 Å². The van der Waals surface area contributed by atoms with Gasteiger partial charge in [0, 0.05) is 76.7 Å². The Hall–Kier alpha value is -9.96. The molecular formula is C126H143NO2. The molecule has 12 aromatic carbocycles. The summed E-state index contributed by atoms with van der Waals surface area (Å²) in [6.45, 7) is 29.3. The number of nitrogens with zero attached hydrogens (tertiary/aromatic N) is 1. The van der Waals surface area contributed by atoms with Gasteiger partial charge in [0.15, 0.2) is 0 Å². The number of furan rings is 2. The Bertz CT molecular complexity index is 6510. The van der Waals surface area contributed by atoms with E-state index < -0.39 is 0 Å². The molecule has 3 heteroatoms. The van der Waals surface area contributed by atoms with E-state index in [4.69, 9.17) is 8.83 Å². The topological polar surface area (TPSA) is 29.5 Å². The van der Waals surface area contributed by atoms with E-state index in [2.05, 4.69) is 300 Å². The third-order valence-corrected chi connectivity index (χ3v) is 33.5. The molecule has 0 aliphatic heterocycles. The zero-order chi connectivity index (χ0) is 88.6. The van der Waals surface area contributed by atoms with Crippen molar-refractivity contribution in [1.82, 2.24) is 0 Å². The van der Waals surface area contributed by atoms with E-state index >= 15 is 0 Å². The van der Waals surface area contributed by atoms with Gasteiger partial charge in [0.2, 0.25) is 0 Å². The number of anilines is 3. The minimum absolute atomic E-state index is 0.00878. The molecule has 0 amide bonds. The van der Waals surface area contributed by atoms with E-state index in [0.717, 1.165) is 48.0 Å². The fourth-order valence-electron chi connectivity index (χ4n) is 26.8. The summed E-state index contributed by atoms with van der Waals surface area (Å²) in [6, 6.07) is 86.0. The number of unbranched alkanes of at least 4 members (excludes halogenated alkanes) is 24. The zero-order valence-electron chi connectivity index (χ0n) is 80.4. The second-order valence-corrected chi connectivity index (χ2v) is 42.4. The summed E-state index contributed by atoms with van der Waals surface area (Å²) in [5, 5.41) is 5.02. The van der Waals surface area contributed by atoms with Crippen LogP contribution in [0.15, 0.2) is 221 Å². The number of para-hydroxylation sites is 2. The van der Waals surface area contributed by atoms with Crippen molar-refractivity contribution in [2.24, 2.45) is 0 Å². The second kappa shape index (κ2) is 35.6. The average Bonchev–Trinajstić information content (AvgIpc) is 1.49. The summed E-state index contributed by atoms with van der Waals surface area (Å²) in [7, 11) is 0. The van der Waals surface area contributed by atoms with Crippen molar-refractivity contribution < 1.29 is 8.83 Å². The summed E-state index contributed by atoms with van der Waals surface area (Å²) in [5.41, 5.74) is 43.7. The maximum atomic E-state index is 7.72. The first-order chi connectivity index (χ1) is 63.0. The Labute approximate surface area is 773 Å². The second-order valence-electron chi connectivity index (χ2n) is 42.4. The lowest BCUT2D eigenvalue weighted by molar-refractivity contribution is 0.369. The summed E-state index contributed by atoms with van der Waals surface area (Å²) in [5.74, 6) is 0. The quantitative estimate of drug-likeness (QED) is 0.0359. The summed E-state index contributed by atoms with van der Waals surface area (Å²) >= 11 is 0. The van der Waals surface area contributed by atoms with Crippen LogP contribution in [0, 0.1) is 0 Å². The Morgan fingerprint density at radius 3 is 1.09 bits per heavy atom. The largest absolute Gasteiger partial charge is 0.456 e. The molecule has 664 valence electrons. The molecule has 0 saturated carbocycles. The van der Waals surface area contributed by atoms with Crippen LogP contribution < -0.4 is 4.90 Å². The molecule has 0 bridgehead atoms. The van der Waals surface area contributed by atoms with Crippen molar-refractivity contribution in [3.8, 4) is 77.9 Å². The minimum Gasteiger partial charge on any atom is -0.456 e. The SMILES string of the molecule is CCCCCCCC1(CCCCCCC)c2ccccc2-c2ccc(-c3ccc4c(c3)C(C)(C)c3cc(N(c5ccc6c(c5)C(C)(C)c5cc7c(cc5-6)C(C)(C)c5ccc6oc8ccccc8c6c5-7)c5ccc6c(c5)C(CCCCCCC)(CCCCCCC)c5c7c(c8oc9ccccc9c8c5-6)-c5ccccc5C7(CCCCCCC)CCCCCCC)ccc3-4)cc21. The number of rotatable bonds is 40. The Morgan fingerprint density at radius 1 is 0.225 bits per heavy atom. The van der Waals surface area contributed by atoms with Crippen LogP contribution >= 0.6 is 0 Å².